The van der Waals surface area contributed by atoms with E-state index in [4.69, 9.17) is 19.2 Å². The number of carbonyl (C=O) groups is 1. The Morgan fingerprint density at radius 1 is 0.783 bits per heavy atom. The minimum absolute atomic E-state index is 0.183. The molecule has 0 radical (unpaired) electrons. The molecule has 0 spiro atoms. The van der Waals surface area contributed by atoms with E-state index in [1.165, 1.54) is 0 Å². The van der Waals surface area contributed by atoms with Crippen molar-refractivity contribution in [1.82, 2.24) is 9.29 Å². The van der Waals surface area contributed by atoms with Gasteiger partial charge < -0.3 is 24.4 Å². The van der Waals surface area contributed by atoms with Gasteiger partial charge in [0.2, 0.25) is 15.8 Å². The molecule has 1 amide bonds. The van der Waals surface area contributed by atoms with E-state index >= 15 is 0 Å². The lowest BCUT2D eigenvalue weighted by Gasteiger charge is -2.31. The summed E-state index contributed by atoms with van der Waals surface area (Å²) in [5.74, 6) is 1.03. The molecule has 2 aliphatic heterocycles. The highest BCUT2D eigenvalue weighted by Crippen LogP contribution is 2.41. The minimum Gasteiger partial charge on any atom is -0.493 e. The van der Waals surface area contributed by atoms with E-state index < -0.39 is 10.0 Å². The van der Waals surface area contributed by atoms with Crippen molar-refractivity contribution in [1.29, 1.82) is 0 Å². The molecule has 0 unspecified atom stereocenters. The Labute approximate surface area is 270 Å². The molecule has 46 heavy (non-hydrogen) atoms. The molecule has 2 aliphatic rings. The quantitative estimate of drug-likeness (QED) is 0.225. The van der Waals surface area contributed by atoms with E-state index in [0.717, 1.165) is 57.3 Å². The number of benzene rings is 3. The molecule has 0 bridgehead atoms. The van der Waals surface area contributed by atoms with E-state index in [1.54, 1.807) is 56.0 Å². The SMILES string of the molecule is COc1cc(-c2cc(C(=O)Nc3cc(S(=O)(=O)N4CCCCC4)ccc3N3CCCCC3)c3ccccc3n2)cc(OC)c1OC. The lowest BCUT2D eigenvalue weighted by molar-refractivity contribution is 0.102. The zero-order valence-electron chi connectivity index (χ0n) is 26.5. The molecule has 3 aromatic carbocycles. The smallest absolute Gasteiger partial charge is 0.256 e. The standard InChI is InChI=1S/C35H40N4O6S/c1-43-32-20-24(21-33(44-2)34(32)45-3)29-23-27(26-12-6-7-13-28(26)36-29)35(40)37-30-22-25(46(41,42)39-18-10-5-11-19-39)14-15-31(30)38-16-8-4-9-17-38/h6-7,12-15,20-23H,4-5,8-11,16-19H2,1-3H3,(H,37,40). The first-order valence-electron chi connectivity index (χ1n) is 15.7. The maximum Gasteiger partial charge on any atom is 0.256 e. The first-order chi connectivity index (χ1) is 22.3. The van der Waals surface area contributed by atoms with Crippen molar-refractivity contribution in [3.8, 4) is 28.5 Å². The summed E-state index contributed by atoms with van der Waals surface area (Å²) in [6.07, 6.45) is 5.93. The van der Waals surface area contributed by atoms with Gasteiger partial charge in [0.1, 0.15) is 0 Å². The Balaban J connectivity index is 1.43. The molecule has 11 heteroatoms. The van der Waals surface area contributed by atoms with E-state index in [1.807, 2.05) is 30.3 Å². The molecule has 3 heterocycles. The van der Waals surface area contributed by atoms with E-state index in [-0.39, 0.29) is 10.8 Å². The van der Waals surface area contributed by atoms with Crippen LogP contribution in [0.4, 0.5) is 11.4 Å². The highest BCUT2D eigenvalue weighted by molar-refractivity contribution is 7.89. The average Bonchev–Trinajstić information content (AvgIpc) is 3.11. The summed E-state index contributed by atoms with van der Waals surface area (Å²) in [5, 5.41) is 3.79. The summed E-state index contributed by atoms with van der Waals surface area (Å²) >= 11 is 0. The molecule has 6 rings (SSSR count). The number of nitrogens with one attached hydrogen (secondary N) is 1. The molecule has 4 aromatic rings. The van der Waals surface area contributed by atoms with Crippen LogP contribution in [0.1, 0.15) is 48.9 Å². The number of fused-ring (bicyclic) bond motifs is 1. The Hall–Kier alpha value is -4.35. The highest BCUT2D eigenvalue weighted by Gasteiger charge is 2.28. The molecule has 242 valence electrons. The third-order valence-corrected chi connectivity index (χ3v) is 10.7. The number of piperidine rings is 2. The Bertz CT molecular complexity index is 1820. The van der Waals surface area contributed by atoms with Crippen LogP contribution in [0.15, 0.2) is 65.6 Å². The fourth-order valence-corrected chi connectivity index (χ4v) is 7.91. The molecule has 10 nitrogen and oxygen atoms in total. The first kappa shape index (κ1) is 31.6. The van der Waals surface area contributed by atoms with Crippen LogP contribution >= 0.6 is 0 Å². The Kier molecular flexibility index (Phi) is 9.32. The highest BCUT2D eigenvalue weighted by atomic mass is 32.2. The van der Waals surface area contributed by atoms with Gasteiger partial charge in [-0.3, -0.25) is 4.79 Å². The number of aromatic nitrogens is 1. The number of hydrogen-bond donors (Lipinski definition) is 1. The monoisotopic (exact) mass is 644 g/mol. The maximum absolute atomic E-state index is 14.3. The van der Waals surface area contributed by atoms with Crippen LogP contribution in [0.5, 0.6) is 17.2 Å². The second-order valence-electron chi connectivity index (χ2n) is 11.6. The molecule has 2 fully saturated rings. The van der Waals surface area contributed by atoms with Crippen LogP contribution in [-0.2, 0) is 10.0 Å². The average molecular weight is 645 g/mol. The van der Waals surface area contributed by atoms with Gasteiger partial charge in [-0.1, -0.05) is 24.6 Å². The second-order valence-corrected chi connectivity index (χ2v) is 13.6. The van der Waals surface area contributed by atoms with Gasteiger partial charge in [-0.2, -0.15) is 4.31 Å². The van der Waals surface area contributed by atoms with Gasteiger partial charge in [-0.25, -0.2) is 13.4 Å². The summed E-state index contributed by atoms with van der Waals surface area (Å²) < 4.78 is 45.5. The third kappa shape index (κ3) is 6.21. The molecule has 1 N–H and O–H groups in total. The number of sulfonamides is 1. The predicted molar refractivity (Wildman–Crippen MR) is 180 cm³/mol. The topological polar surface area (TPSA) is 110 Å². The number of amides is 1. The van der Waals surface area contributed by atoms with Gasteiger partial charge >= 0.3 is 0 Å². The summed E-state index contributed by atoms with van der Waals surface area (Å²) in [6, 6.07) is 17.9. The van der Waals surface area contributed by atoms with Crippen molar-refractivity contribution in [2.24, 2.45) is 0 Å². The van der Waals surface area contributed by atoms with E-state index in [9.17, 15) is 13.2 Å². The number of ether oxygens (including phenoxy) is 3. The number of nitrogens with zero attached hydrogens (tertiary/aromatic N) is 3. The van der Waals surface area contributed by atoms with Crippen LogP contribution < -0.4 is 24.4 Å². The Morgan fingerprint density at radius 2 is 1.43 bits per heavy atom. The van der Waals surface area contributed by atoms with Gasteiger partial charge in [0.05, 0.1) is 54.4 Å². The minimum atomic E-state index is -3.71. The van der Waals surface area contributed by atoms with Crippen molar-refractivity contribution < 1.29 is 27.4 Å². The molecule has 2 saturated heterocycles. The van der Waals surface area contributed by atoms with Crippen LogP contribution in [0.3, 0.4) is 0 Å². The molecule has 1 aromatic heterocycles. The van der Waals surface area contributed by atoms with Crippen molar-refractivity contribution >= 4 is 38.2 Å². The van der Waals surface area contributed by atoms with Crippen LogP contribution in [-0.4, -0.2) is 71.1 Å². The normalized spacial score (nSPS) is 15.8. The molecular formula is C35H40N4O6S. The fourth-order valence-electron chi connectivity index (χ4n) is 6.37. The van der Waals surface area contributed by atoms with Gasteiger partial charge in [0.25, 0.3) is 5.91 Å². The predicted octanol–water partition coefficient (Wildman–Crippen LogP) is 6.34. The summed E-state index contributed by atoms with van der Waals surface area (Å²) in [4.78, 5) is 21.5. The summed E-state index contributed by atoms with van der Waals surface area (Å²) in [7, 11) is 0.932. The number of carbonyl (C=O) groups excluding carboxylic acids is 1. The largest absolute Gasteiger partial charge is 0.493 e. The van der Waals surface area contributed by atoms with Crippen molar-refractivity contribution in [3.63, 3.8) is 0 Å². The van der Waals surface area contributed by atoms with Gasteiger partial charge in [-0.15, -0.1) is 0 Å². The number of para-hydroxylation sites is 1. The van der Waals surface area contributed by atoms with Crippen LogP contribution in [0.25, 0.3) is 22.2 Å². The van der Waals surface area contributed by atoms with Gasteiger partial charge in [-0.05, 0) is 74.6 Å². The lowest BCUT2D eigenvalue weighted by atomic mass is 10.0. The number of methoxy groups -OCH3 is 3. The molecule has 0 saturated carbocycles. The van der Waals surface area contributed by atoms with E-state index in [2.05, 4.69) is 10.2 Å². The van der Waals surface area contributed by atoms with Crippen molar-refractivity contribution in [2.75, 3.05) is 57.7 Å². The zero-order chi connectivity index (χ0) is 32.3. The maximum atomic E-state index is 14.3. The third-order valence-electron chi connectivity index (χ3n) is 8.79. The first-order valence-corrected chi connectivity index (χ1v) is 17.2. The van der Waals surface area contributed by atoms with Crippen molar-refractivity contribution in [2.45, 2.75) is 43.4 Å². The number of rotatable bonds is 9. The van der Waals surface area contributed by atoms with Gasteiger partial charge in [0.15, 0.2) is 11.5 Å². The summed E-state index contributed by atoms with van der Waals surface area (Å²) in [6.45, 7) is 2.68. The van der Waals surface area contributed by atoms with Crippen LogP contribution in [0, 0.1) is 0 Å². The zero-order valence-corrected chi connectivity index (χ0v) is 27.4. The van der Waals surface area contributed by atoms with Crippen molar-refractivity contribution in [3.05, 3.63) is 66.2 Å². The number of hydrogen-bond acceptors (Lipinski definition) is 8. The van der Waals surface area contributed by atoms with Gasteiger partial charge in [0, 0.05) is 37.1 Å². The second kappa shape index (κ2) is 13.6. The van der Waals surface area contributed by atoms with Crippen LogP contribution in [0.2, 0.25) is 0 Å². The number of anilines is 2. The molecular weight excluding hydrogens is 604 g/mol. The lowest BCUT2D eigenvalue weighted by Crippen LogP contribution is -2.36. The number of pyridine rings is 1. The Morgan fingerprint density at radius 3 is 2.09 bits per heavy atom. The fraction of sp³-hybridized carbons (Fsp3) is 0.371. The molecule has 0 atom stereocenters. The summed E-state index contributed by atoms with van der Waals surface area (Å²) in [5.41, 5.74) is 3.55. The van der Waals surface area contributed by atoms with E-state index in [0.29, 0.717) is 63.7 Å². The molecule has 0 aliphatic carbocycles.